The molecule has 0 saturated carbocycles. The van der Waals surface area contributed by atoms with Crippen molar-refractivity contribution in [2.45, 2.75) is 0 Å². The van der Waals surface area contributed by atoms with Crippen LogP contribution in [0.1, 0.15) is 0 Å². The highest BCUT2D eigenvalue weighted by Crippen LogP contribution is 2.39. The maximum atomic E-state index is 6.52. The van der Waals surface area contributed by atoms with Gasteiger partial charge in [-0.1, -0.05) is 109 Å². The summed E-state index contributed by atoms with van der Waals surface area (Å²) in [6.07, 6.45) is 0. The van der Waals surface area contributed by atoms with Gasteiger partial charge in [-0.3, -0.25) is 0 Å². The van der Waals surface area contributed by atoms with Gasteiger partial charge in [-0.05, 0) is 59.7 Å². The molecule has 7 aromatic carbocycles. The standard InChI is InChI=1S/C46H26N4O2S/c1-2-9-28(10-3-1)43-48-44(31-22-23-33-32-11-4-6-14-37(32)51-39(33)26-31)50-45(49-43)35-12-8-15-38-42(35)34-24-21-30(25-40(34)52-38)27-17-19-29(20-18-27)46-47-36-13-5-7-16-41(36)53-46/h1-26H. The van der Waals surface area contributed by atoms with Crippen molar-refractivity contribution in [3.63, 3.8) is 0 Å². The van der Waals surface area contributed by atoms with Crippen molar-refractivity contribution in [1.29, 1.82) is 0 Å². The molecular weight excluding hydrogens is 673 g/mol. The quantitative estimate of drug-likeness (QED) is 0.178. The Hall–Kier alpha value is -6.96. The lowest BCUT2D eigenvalue weighted by atomic mass is 10.0. The highest BCUT2D eigenvalue weighted by atomic mass is 32.1. The van der Waals surface area contributed by atoms with E-state index in [2.05, 4.69) is 84.9 Å². The summed E-state index contributed by atoms with van der Waals surface area (Å²) in [4.78, 5) is 20.0. The molecule has 0 N–H and O–H groups in total. The number of fused-ring (bicyclic) bond motifs is 7. The van der Waals surface area contributed by atoms with Crippen LogP contribution < -0.4 is 0 Å². The number of thiazole rings is 1. The average molecular weight is 699 g/mol. The molecule has 11 rings (SSSR count). The first kappa shape index (κ1) is 29.7. The van der Waals surface area contributed by atoms with Crippen LogP contribution >= 0.6 is 11.3 Å². The zero-order valence-corrected chi connectivity index (χ0v) is 28.8. The number of aromatic nitrogens is 4. The molecule has 0 aliphatic carbocycles. The summed E-state index contributed by atoms with van der Waals surface area (Å²) in [6.45, 7) is 0. The molecule has 0 radical (unpaired) electrons. The highest BCUT2D eigenvalue weighted by molar-refractivity contribution is 7.21. The third kappa shape index (κ3) is 5.01. The first-order chi connectivity index (χ1) is 26.2. The minimum Gasteiger partial charge on any atom is -0.456 e. The van der Waals surface area contributed by atoms with E-state index in [1.54, 1.807) is 11.3 Å². The summed E-state index contributed by atoms with van der Waals surface area (Å²) in [5.41, 5.74) is 10.2. The lowest BCUT2D eigenvalue weighted by Gasteiger charge is -2.09. The zero-order chi connectivity index (χ0) is 34.9. The summed E-state index contributed by atoms with van der Waals surface area (Å²) < 4.78 is 13.9. The van der Waals surface area contributed by atoms with Crippen LogP contribution in [0.15, 0.2) is 167 Å². The summed E-state index contributed by atoms with van der Waals surface area (Å²) in [6, 6.07) is 53.5. The van der Waals surface area contributed by atoms with E-state index >= 15 is 0 Å². The SMILES string of the molecule is c1ccc(-c2nc(-c3ccc4c(c3)oc3ccccc34)nc(-c3cccc4oc5cc(-c6ccc(-c7nc8ccccc8s7)cc6)ccc5c34)n2)cc1. The predicted molar refractivity (Wildman–Crippen MR) is 215 cm³/mol. The topological polar surface area (TPSA) is 77.8 Å². The minimum atomic E-state index is 0.567. The summed E-state index contributed by atoms with van der Waals surface area (Å²) >= 11 is 1.71. The maximum Gasteiger partial charge on any atom is 0.164 e. The molecule has 7 heteroatoms. The fourth-order valence-electron chi connectivity index (χ4n) is 7.20. The van der Waals surface area contributed by atoms with Gasteiger partial charge < -0.3 is 8.83 Å². The first-order valence-electron chi connectivity index (χ1n) is 17.4. The van der Waals surface area contributed by atoms with Gasteiger partial charge in [0.1, 0.15) is 27.3 Å². The van der Waals surface area contributed by atoms with Gasteiger partial charge in [0.25, 0.3) is 0 Å². The first-order valence-corrected chi connectivity index (χ1v) is 18.2. The molecule has 4 aromatic heterocycles. The number of furan rings is 2. The second-order valence-corrected chi connectivity index (χ2v) is 14.1. The van der Waals surface area contributed by atoms with Crippen LogP contribution in [0.2, 0.25) is 0 Å². The molecule has 0 amide bonds. The van der Waals surface area contributed by atoms with E-state index in [1.807, 2.05) is 72.8 Å². The molecule has 0 fully saturated rings. The van der Waals surface area contributed by atoms with Gasteiger partial charge in [-0.15, -0.1) is 11.3 Å². The van der Waals surface area contributed by atoms with E-state index in [4.69, 9.17) is 28.8 Å². The van der Waals surface area contributed by atoms with Gasteiger partial charge >= 0.3 is 0 Å². The molecule has 0 saturated heterocycles. The lowest BCUT2D eigenvalue weighted by molar-refractivity contribution is 0.668. The Kier molecular flexibility index (Phi) is 6.62. The van der Waals surface area contributed by atoms with Gasteiger partial charge in [0, 0.05) is 43.8 Å². The molecule has 248 valence electrons. The van der Waals surface area contributed by atoms with Crippen molar-refractivity contribution in [2.75, 3.05) is 0 Å². The monoisotopic (exact) mass is 698 g/mol. The fourth-order valence-corrected chi connectivity index (χ4v) is 8.17. The molecule has 11 aromatic rings. The normalized spacial score (nSPS) is 11.8. The number of hydrogen-bond donors (Lipinski definition) is 0. The van der Waals surface area contributed by atoms with Crippen LogP contribution in [0, 0.1) is 0 Å². The van der Waals surface area contributed by atoms with Crippen LogP contribution in [0.5, 0.6) is 0 Å². The molecule has 53 heavy (non-hydrogen) atoms. The van der Waals surface area contributed by atoms with E-state index in [-0.39, 0.29) is 0 Å². The van der Waals surface area contributed by atoms with E-state index in [0.717, 1.165) is 87.8 Å². The summed E-state index contributed by atoms with van der Waals surface area (Å²) in [7, 11) is 0. The Bertz CT molecular complexity index is 3150. The van der Waals surface area contributed by atoms with E-state index in [9.17, 15) is 0 Å². The Morgan fingerprint density at radius 2 is 1.00 bits per heavy atom. The van der Waals surface area contributed by atoms with E-state index in [1.165, 1.54) is 4.70 Å². The number of para-hydroxylation sites is 2. The van der Waals surface area contributed by atoms with Gasteiger partial charge in [0.15, 0.2) is 17.5 Å². The summed E-state index contributed by atoms with van der Waals surface area (Å²) in [5, 5.41) is 5.12. The zero-order valence-electron chi connectivity index (χ0n) is 28.0. The number of benzene rings is 7. The van der Waals surface area contributed by atoms with Crippen molar-refractivity contribution in [3.8, 4) is 55.9 Å². The molecule has 0 atom stereocenters. The van der Waals surface area contributed by atoms with Gasteiger partial charge in [0.2, 0.25) is 0 Å². The number of nitrogens with zero attached hydrogens (tertiary/aromatic N) is 4. The molecule has 4 heterocycles. The van der Waals surface area contributed by atoms with Crippen molar-refractivity contribution < 1.29 is 8.83 Å². The second-order valence-electron chi connectivity index (χ2n) is 13.0. The Morgan fingerprint density at radius 3 is 1.89 bits per heavy atom. The highest BCUT2D eigenvalue weighted by Gasteiger charge is 2.19. The third-order valence-electron chi connectivity index (χ3n) is 9.80. The van der Waals surface area contributed by atoms with Gasteiger partial charge in [0.05, 0.1) is 10.2 Å². The molecule has 0 aliphatic rings. The largest absolute Gasteiger partial charge is 0.456 e. The van der Waals surface area contributed by atoms with E-state index in [0.29, 0.717) is 17.5 Å². The van der Waals surface area contributed by atoms with Crippen LogP contribution in [0.3, 0.4) is 0 Å². The molecule has 0 spiro atoms. The van der Waals surface area contributed by atoms with Crippen LogP contribution in [0.25, 0.3) is 110 Å². The van der Waals surface area contributed by atoms with E-state index < -0.39 is 0 Å². The molecular formula is C46H26N4O2S. The van der Waals surface area contributed by atoms with Crippen molar-refractivity contribution >= 4 is 65.4 Å². The molecule has 0 aliphatic heterocycles. The Morgan fingerprint density at radius 1 is 0.377 bits per heavy atom. The Balaban J connectivity index is 1.02. The maximum absolute atomic E-state index is 6.52. The summed E-state index contributed by atoms with van der Waals surface area (Å²) in [5.74, 6) is 1.73. The van der Waals surface area contributed by atoms with Crippen molar-refractivity contribution in [2.24, 2.45) is 0 Å². The average Bonchev–Trinajstić information content (AvgIpc) is 3.94. The number of rotatable bonds is 5. The second kappa shape index (κ2) is 11.8. The van der Waals surface area contributed by atoms with Crippen LogP contribution in [0.4, 0.5) is 0 Å². The molecule has 0 unspecified atom stereocenters. The molecule has 6 nitrogen and oxygen atoms in total. The van der Waals surface area contributed by atoms with Crippen molar-refractivity contribution in [3.05, 3.63) is 158 Å². The number of hydrogen-bond acceptors (Lipinski definition) is 7. The van der Waals surface area contributed by atoms with Gasteiger partial charge in [-0.2, -0.15) is 0 Å². The third-order valence-corrected chi connectivity index (χ3v) is 10.9. The van der Waals surface area contributed by atoms with Crippen LogP contribution in [-0.2, 0) is 0 Å². The fraction of sp³-hybridized carbons (Fsp3) is 0. The van der Waals surface area contributed by atoms with Gasteiger partial charge in [-0.25, -0.2) is 19.9 Å². The molecule has 0 bridgehead atoms. The predicted octanol–water partition coefficient (Wildman–Crippen LogP) is 12.6. The smallest absolute Gasteiger partial charge is 0.164 e. The lowest BCUT2D eigenvalue weighted by Crippen LogP contribution is -2.00. The van der Waals surface area contributed by atoms with Crippen molar-refractivity contribution in [1.82, 2.24) is 19.9 Å². The Labute approximate surface area is 306 Å². The van der Waals surface area contributed by atoms with Crippen LogP contribution in [-0.4, -0.2) is 19.9 Å². The minimum absolute atomic E-state index is 0.567.